The molecule has 0 spiro atoms. The fourth-order valence-corrected chi connectivity index (χ4v) is 16.7. The van der Waals surface area contributed by atoms with Crippen LogP contribution in [0.25, 0.3) is 0 Å². The first kappa shape index (κ1) is 27.1. The van der Waals surface area contributed by atoms with Crippen molar-refractivity contribution in [2.24, 2.45) is 47.3 Å². The van der Waals surface area contributed by atoms with Crippen molar-refractivity contribution in [3.05, 3.63) is 54.1 Å². The van der Waals surface area contributed by atoms with Gasteiger partial charge in [-0.1, -0.05) is 25.8 Å². The van der Waals surface area contributed by atoms with E-state index in [4.69, 9.17) is 0 Å². The van der Waals surface area contributed by atoms with Crippen LogP contribution in [0.3, 0.4) is 0 Å². The molecule has 8 fully saturated rings. The Labute approximate surface area is 240 Å². The van der Waals surface area contributed by atoms with Crippen LogP contribution in [0, 0.1) is 47.3 Å². The Balaban J connectivity index is 0.000000379. The predicted molar refractivity (Wildman–Crippen MR) is 159 cm³/mol. The third kappa shape index (κ3) is 5.33. The minimum absolute atomic E-state index is 0. The molecule has 0 amide bonds. The van der Waals surface area contributed by atoms with Gasteiger partial charge in [0.1, 0.15) is 0 Å². The topological polar surface area (TPSA) is 0 Å². The number of hydrogen-bond acceptors (Lipinski definition) is 0. The molecule has 0 aromatic heterocycles. The van der Waals surface area contributed by atoms with Crippen LogP contribution in [0.15, 0.2) is 48.5 Å². The maximum Gasteiger partial charge on any atom is 0.0147 e. The van der Waals surface area contributed by atoms with Gasteiger partial charge in [0.2, 0.25) is 0 Å². The molecule has 8 saturated carbocycles. The second kappa shape index (κ2) is 10.7. The molecule has 0 aliphatic heterocycles. The smallest absolute Gasteiger partial charge is 0.0147 e. The fraction of sp³-hybridized carbons (Fsp3) is 0.706. The van der Waals surface area contributed by atoms with E-state index in [1.54, 1.807) is 75.0 Å². The molecule has 8 aliphatic carbocycles. The van der Waals surface area contributed by atoms with Gasteiger partial charge in [0.25, 0.3) is 0 Å². The van der Waals surface area contributed by atoms with Crippen LogP contribution in [0.2, 0.25) is 19.6 Å². The van der Waals surface area contributed by atoms with Crippen LogP contribution in [0.4, 0.5) is 0 Å². The van der Waals surface area contributed by atoms with Gasteiger partial charge in [0.15, 0.2) is 0 Å². The zero-order valence-electron chi connectivity index (χ0n) is 23.5. The van der Waals surface area contributed by atoms with E-state index in [1.165, 1.54) is 6.16 Å². The van der Waals surface area contributed by atoms with Crippen molar-refractivity contribution in [1.29, 1.82) is 0 Å². The molecule has 8 aliphatic rings. The molecule has 0 radical (unpaired) electrons. The minimum atomic E-state index is -1.19. The Kier molecular flexibility index (Phi) is 7.82. The standard InChI is InChI=1S/C29H44PSi.C5H5.Fe/c1-31(2,3)27-5-4-18(16-27)17-30(28-23-8-19-6-20(10-23)11-24(28)9-19)29-25-12-21-7-22(14-25)15-26(29)13-21;1-2-4-5-3-1;/h4-5,16,19-26,28-29H,6-15,17H2,1-3H3;1-5H;/q-1;-5;. The van der Waals surface area contributed by atoms with Crippen LogP contribution in [-0.2, 0) is 23.2 Å². The van der Waals surface area contributed by atoms with Gasteiger partial charge in [0, 0.05) is 25.1 Å². The van der Waals surface area contributed by atoms with Crippen molar-refractivity contribution >= 4 is 21.2 Å². The van der Waals surface area contributed by atoms with Crippen molar-refractivity contribution in [3.8, 4) is 0 Å². The second-order valence-corrected chi connectivity index (χ2v) is 22.8. The Morgan fingerprint density at radius 1 is 0.676 bits per heavy atom. The van der Waals surface area contributed by atoms with Gasteiger partial charge < -0.3 is 30.3 Å². The summed E-state index contributed by atoms with van der Waals surface area (Å²) < 4.78 is 0. The van der Waals surface area contributed by atoms with E-state index in [1.807, 2.05) is 30.3 Å². The molecule has 0 heterocycles. The maximum absolute atomic E-state index is 2.69. The summed E-state index contributed by atoms with van der Waals surface area (Å²) in [5, 5.41) is 1.72. The Morgan fingerprint density at radius 3 is 1.38 bits per heavy atom. The van der Waals surface area contributed by atoms with Crippen molar-refractivity contribution < 1.29 is 17.1 Å². The average Bonchev–Trinajstić information content (AvgIpc) is 3.53. The van der Waals surface area contributed by atoms with E-state index in [0.29, 0.717) is 0 Å². The summed E-state index contributed by atoms with van der Waals surface area (Å²) in [6.07, 6.45) is 17.8. The van der Waals surface area contributed by atoms with Crippen molar-refractivity contribution in [1.82, 2.24) is 0 Å². The van der Waals surface area contributed by atoms with Crippen molar-refractivity contribution in [2.75, 3.05) is 0 Å². The zero-order valence-corrected chi connectivity index (χ0v) is 26.5. The molecular weight excluding hydrogens is 523 g/mol. The molecule has 0 unspecified atom stereocenters. The fourth-order valence-electron chi connectivity index (χ4n) is 10.9. The van der Waals surface area contributed by atoms with E-state index in [-0.39, 0.29) is 25.0 Å². The summed E-state index contributed by atoms with van der Waals surface area (Å²) in [6.45, 7) is 7.60. The molecule has 0 saturated heterocycles. The first-order chi connectivity index (χ1) is 17.4. The first-order valence-corrected chi connectivity index (χ1v) is 20.8. The van der Waals surface area contributed by atoms with Crippen LogP contribution < -0.4 is 5.19 Å². The summed E-state index contributed by atoms with van der Waals surface area (Å²) >= 11 is 0. The Bertz CT molecular complexity index is 900. The molecule has 2 aromatic carbocycles. The molecule has 3 heteroatoms. The van der Waals surface area contributed by atoms with E-state index >= 15 is 0 Å². The third-order valence-corrected chi connectivity index (χ3v) is 17.7. The summed E-state index contributed by atoms with van der Waals surface area (Å²) in [5.74, 6) is 9.05. The van der Waals surface area contributed by atoms with Gasteiger partial charge in [-0.3, -0.25) is 0 Å². The zero-order chi connectivity index (χ0) is 24.4. The predicted octanol–water partition coefficient (Wildman–Crippen LogP) is 8.99. The normalized spacial score (nSPS) is 41.7. The van der Waals surface area contributed by atoms with Gasteiger partial charge in [0.05, 0.1) is 0 Å². The molecule has 0 atom stereocenters. The molecular formula is C34H49FePSi-6. The van der Waals surface area contributed by atoms with E-state index in [0.717, 1.165) is 58.7 Å². The third-order valence-electron chi connectivity index (χ3n) is 11.7. The molecule has 0 nitrogen and oxygen atoms in total. The molecule has 10 rings (SSSR count). The largest absolute Gasteiger partial charge is 0.748 e. The van der Waals surface area contributed by atoms with E-state index in [9.17, 15) is 0 Å². The van der Waals surface area contributed by atoms with Gasteiger partial charge in [-0.25, -0.2) is 6.07 Å². The first-order valence-electron chi connectivity index (χ1n) is 15.6. The molecule has 0 N–H and O–H groups in total. The maximum atomic E-state index is 2.69. The van der Waals surface area contributed by atoms with Gasteiger partial charge in [-0.15, -0.1) is 7.92 Å². The second-order valence-electron chi connectivity index (χ2n) is 15.2. The minimum Gasteiger partial charge on any atom is -0.748 e. The van der Waals surface area contributed by atoms with E-state index in [2.05, 4.69) is 37.8 Å². The molecule has 8 bridgehead atoms. The number of rotatable bonds is 5. The van der Waals surface area contributed by atoms with Crippen molar-refractivity contribution in [3.63, 3.8) is 0 Å². The average molecular weight is 573 g/mol. The van der Waals surface area contributed by atoms with Gasteiger partial charge in [-0.2, -0.15) is 22.9 Å². The SMILES string of the molecule is C[Si](C)(C)[c-]1ccc(CP(C2C3CC4CC(C3)CC2C4)C2C3CC4CC(C3)CC2C4)c1.[Fe].[cH-]1[cH-][cH-][cH-][cH-]1. The van der Waals surface area contributed by atoms with Gasteiger partial charge >= 0.3 is 0 Å². The quantitative estimate of drug-likeness (QED) is 0.191. The van der Waals surface area contributed by atoms with Crippen molar-refractivity contribution in [2.45, 2.75) is 101 Å². The van der Waals surface area contributed by atoms with Crippen LogP contribution in [0.1, 0.15) is 69.8 Å². The summed E-state index contributed by atoms with van der Waals surface area (Å²) in [5.41, 5.74) is 4.05. The summed E-state index contributed by atoms with van der Waals surface area (Å²) in [7, 11) is -1.03. The van der Waals surface area contributed by atoms with Crippen LogP contribution in [0.5, 0.6) is 0 Å². The molecule has 208 valence electrons. The molecule has 37 heavy (non-hydrogen) atoms. The monoisotopic (exact) mass is 572 g/mol. The van der Waals surface area contributed by atoms with Crippen LogP contribution >= 0.6 is 7.92 Å². The van der Waals surface area contributed by atoms with Crippen LogP contribution in [-0.4, -0.2) is 19.4 Å². The van der Waals surface area contributed by atoms with Gasteiger partial charge in [-0.05, 0) is 123 Å². The Hall–Kier alpha value is -0.134. The number of hydrogen-bond donors (Lipinski definition) is 0. The summed E-state index contributed by atoms with van der Waals surface area (Å²) in [4.78, 5) is 0. The molecule has 2 aromatic rings. The Morgan fingerprint density at radius 2 is 1.05 bits per heavy atom. The summed E-state index contributed by atoms with van der Waals surface area (Å²) in [6, 6.07) is 17.8. The van der Waals surface area contributed by atoms with E-state index < -0.39 is 8.07 Å².